The lowest BCUT2D eigenvalue weighted by molar-refractivity contribution is -0.143. The largest absolute Gasteiger partial charge is 0.508 e. The third-order valence-corrected chi connectivity index (χ3v) is 3.11. The zero-order valence-electron chi connectivity index (χ0n) is 8.03. The standard InChI is InChI=1S/C11H11ClO3/c12-8-1-2-9(13)7(5-8)6-11(3-4-11)10(14)15/h1-2,5,13H,3-4,6H2,(H,14,15). The zero-order valence-corrected chi connectivity index (χ0v) is 8.79. The lowest BCUT2D eigenvalue weighted by Crippen LogP contribution is -2.17. The molecule has 0 radical (unpaired) electrons. The van der Waals surface area contributed by atoms with Crippen molar-refractivity contribution in [1.29, 1.82) is 0 Å². The molecule has 3 nitrogen and oxygen atoms in total. The third kappa shape index (κ3) is 1.92. The fourth-order valence-electron chi connectivity index (χ4n) is 1.68. The van der Waals surface area contributed by atoms with Gasteiger partial charge in [0.05, 0.1) is 5.41 Å². The normalized spacial score (nSPS) is 17.4. The van der Waals surface area contributed by atoms with E-state index in [2.05, 4.69) is 0 Å². The fraction of sp³-hybridized carbons (Fsp3) is 0.364. The average molecular weight is 227 g/mol. The second-order valence-electron chi connectivity index (χ2n) is 4.04. The Morgan fingerprint density at radius 2 is 2.13 bits per heavy atom. The highest BCUT2D eigenvalue weighted by Crippen LogP contribution is 2.49. The molecule has 0 heterocycles. The van der Waals surface area contributed by atoms with Crippen molar-refractivity contribution in [3.05, 3.63) is 28.8 Å². The van der Waals surface area contributed by atoms with E-state index in [1.165, 1.54) is 6.07 Å². The molecular formula is C11H11ClO3. The predicted octanol–water partition coefficient (Wildman–Crippen LogP) is 2.45. The maximum absolute atomic E-state index is 11.0. The van der Waals surface area contributed by atoms with E-state index in [1.54, 1.807) is 12.1 Å². The Morgan fingerprint density at radius 3 is 2.67 bits per heavy atom. The highest BCUT2D eigenvalue weighted by molar-refractivity contribution is 6.30. The molecule has 0 aliphatic heterocycles. The minimum absolute atomic E-state index is 0.118. The SMILES string of the molecule is O=C(O)C1(Cc2cc(Cl)ccc2O)CC1. The first-order chi connectivity index (χ1) is 7.03. The van der Waals surface area contributed by atoms with Gasteiger partial charge in [-0.15, -0.1) is 0 Å². The molecule has 0 amide bonds. The molecule has 0 bridgehead atoms. The lowest BCUT2D eigenvalue weighted by Gasteiger charge is -2.11. The van der Waals surface area contributed by atoms with Gasteiger partial charge in [0.15, 0.2) is 0 Å². The van der Waals surface area contributed by atoms with Crippen molar-refractivity contribution in [2.75, 3.05) is 0 Å². The van der Waals surface area contributed by atoms with Gasteiger partial charge < -0.3 is 10.2 Å². The van der Waals surface area contributed by atoms with Crippen LogP contribution in [0.25, 0.3) is 0 Å². The number of halogens is 1. The number of hydrogen-bond acceptors (Lipinski definition) is 2. The van der Waals surface area contributed by atoms with E-state index in [9.17, 15) is 9.90 Å². The van der Waals surface area contributed by atoms with Crippen molar-refractivity contribution in [2.45, 2.75) is 19.3 Å². The molecule has 0 atom stereocenters. The van der Waals surface area contributed by atoms with Gasteiger partial charge in [-0.2, -0.15) is 0 Å². The van der Waals surface area contributed by atoms with Crippen molar-refractivity contribution < 1.29 is 15.0 Å². The van der Waals surface area contributed by atoms with Crippen LogP contribution in [0.5, 0.6) is 5.75 Å². The summed E-state index contributed by atoms with van der Waals surface area (Å²) in [5, 5.41) is 19.1. The van der Waals surface area contributed by atoms with Crippen LogP contribution in [0.3, 0.4) is 0 Å². The summed E-state index contributed by atoms with van der Waals surface area (Å²) in [5.74, 6) is -0.672. The van der Waals surface area contributed by atoms with Gasteiger partial charge in [-0.1, -0.05) is 11.6 Å². The Hall–Kier alpha value is -1.22. The number of carboxylic acid groups (broad SMARTS) is 1. The topological polar surface area (TPSA) is 57.5 Å². The number of phenols is 1. The molecule has 0 aromatic heterocycles. The van der Waals surface area contributed by atoms with Crippen LogP contribution < -0.4 is 0 Å². The highest BCUT2D eigenvalue weighted by Gasteiger charge is 2.50. The van der Waals surface area contributed by atoms with Crippen LogP contribution in [0.2, 0.25) is 5.02 Å². The first-order valence-electron chi connectivity index (χ1n) is 4.74. The van der Waals surface area contributed by atoms with Gasteiger partial charge in [-0.25, -0.2) is 0 Å². The molecule has 2 rings (SSSR count). The van der Waals surface area contributed by atoms with Crippen molar-refractivity contribution in [1.82, 2.24) is 0 Å². The zero-order chi connectivity index (χ0) is 11.1. The summed E-state index contributed by atoms with van der Waals surface area (Å²) < 4.78 is 0. The molecule has 0 saturated heterocycles. The molecule has 2 N–H and O–H groups in total. The van der Waals surface area contributed by atoms with Crippen LogP contribution in [-0.2, 0) is 11.2 Å². The fourth-order valence-corrected chi connectivity index (χ4v) is 1.87. The Balaban J connectivity index is 2.24. The molecule has 0 unspecified atom stereocenters. The van der Waals surface area contributed by atoms with Crippen LogP contribution in [0.1, 0.15) is 18.4 Å². The summed E-state index contributed by atoms with van der Waals surface area (Å²) in [7, 11) is 0. The molecule has 1 saturated carbocycles. The van der Waals surface area contributed by atoms with E-state index in [0.29, 0.717) is 29.8 Å². The van der Waals surface area contributed by atoms with Crippen LogP contribution in [0, 0.1) is 5.41 Å². The van der Waals surface area contributed by atoms with E-state index in [1.807, 2.05) is 0 Å². The Kier molecular flexibility index (Phi) is 2.35. The van der Waals surface area contributed by atoms with Crippen LogP contribution >= 0.6 is 11.6 Å². The van der Waals surface area contributed by atoms with Gasteiger partial charge in [0, 0.05) is 5.02 Å². The number of carboxylic acids is 1. The second kappa shape index (κ2) is 3.42. The first-order valence-corrected chi connectivity index (χ1v) is 5.12. The third-order valence-electron chi connectivity index (χ3n) is 2.88. The summed E-state index contributed by atoms with van der Waals surface area (Å²) in [4.78, 5) is 11.0. The maximum atomic E-state index is 11.0. The summed E-state index contributed by atoms with van der Waals surface area (Å²) in [6.45, 7) is 0. The number of hydrogen-bond donors (Lipinski definition) is 2. The number of benzene rings is 1. The van der Waals surface area contributed by atoms with Gasteiger partial charge in [-0.05, 0) is 43.0 Å². The lowest BCUT2D eigenvalue weighted by atomic mass is 9.96. The summed E-state index contributed by atoms with van der Waals surface area (Å²) in [6.07, 6.45) is 1.71. The minimum atomic E-state index is -0.790. The average Bonchev–Trinajstić information content (AvgIpc) is 2.92. The maximum Gasteiger partial charge on any atom is 0.309 e. The molecule has 0 spiro atoms. The smallest absolute Gasteiger partial charge is 0.309 e. The molecule has 1 aromatic carbocycles. The number of aromatic hydroxyl groups is 1. The summed E-state index contributed by atoms with van der Waals surface area (Å²) in [6, 6.07) is 4.70. The van der Waals surface area contributed by atoms with Crippen LogP contribution in [0.15, 0.2) is 18.2 Å². The molecule has 1 aliphatic rings. The van der Waals surface area contributed by atoms with Gasteiger partial charge in [0.2, 0.25) is 0 Å². The van der Waals surface area contributed by atoms with Crippen molar-refractivity contribution in [3.63, 3.8) is 0 Å². The minimum Gasteiger partial charge on any atom is -0.508 e. The first kappa shape index (κ1) is 10.3. The van der Waals surface area contributed by atoms with Crippen LogP contribution in [-0.4, -0.2) is 16.2 Å². The molecule has 15 heavy (non-hydrogen) atoms. The highest BCUT2D eigenvalue weighted by atomic mass is 35.5. The predicted molar refractivity (Wildman–Crippen MR) is 56.1 cm³/mol. The van der Waals surface area contributed by atoms with Crippen LogP contribution in [0.4, 0.5) is 0 Å². The van der Waals surface area contributed by atoms with Gasteiger partial charge in [0.25, 0.3) is 0 Å². The van der Waals surface area contributed by atoms with Gasteiger partial charge >= 0.3 is 5.97 Å². The van der Waals surface area contributed by atoms with E-state index in [0.717, 1.165) is 0 Å². The Morgan fingerprint density at radius 1 is 1.47 bits per heavy atom. The van der Waals surface area contributed by atoms with E-state index >= 15 is 0 Å². The number of aliphatic carboxylic acids is 1. The van der Waals surface area contributed by atoms with E-state index in [-0.39, 0.29) is 5.75 Å². The van der Waals surface area contributed by atoms with Gasteiger partial charge in [0.1, 0.15) is 5.75 Å². The number of phenolic OH excluding ortho intramolecular Hbond substituents is 1. The molecule has 1 fully saturated rings. The Labute approximate surface area is 92.3 Å². The number of rotatable bonds is 3. The quantitative estimate of drug-likeness (QED) is 0.833. The van der Waals surface area contributed by atoms with Crippen molar-refractivity contribution in [3.8, 4) is 5.75 Å². The molecule has 1 aliphatic carbocycles. The summed E-state index contributed by atoms with van der Waals surface area (Å²) in [5.41, 5.74) is -0.0512. The van der Waals surface area contributed by atoms with E-state index in [4.69, 9.17) is 16.7 Å². The molecule has 1 aromatic rings. The molecule has 4 heteroatoms. The second-order valence-corrected chi connectivity index (χ2v) is 4.47. The monoisotopic (exact) mass is 226 g/mol. The van der Waals surface area contributed by atoms with Gasteiger partial charge in [-0.3, -0.25) is 4.79 Å². The van der Waals surface area contributed by atoms with E-state index < -0.39 is 11.4 Å². The summed E-state index contributed by atoms with van der Waals surface area (Å²) >= 11 is 5.79. The number of carbonyl (C=O) groups is 1. The van der Waals surface area contributed by atoms with Crippen molar-refractivity contribution in [2.24, 2.45) is 5.41 Å². The molecular weight excluding hydrogens is 216 g/mol. The Bertz CT molecular complexity index is 410. The van der Waals surface area contributed by atoms with Crippen molar-refractivity contribution >= 4 is 17.6 Å². The molecule has 80 valence electrons.